The third-order valence-electron chi connectivity index (χ3n) is 3.44. The van der Waals surface area contributed by atoms with Crippen LogP contribution < -0.4 is 10.2 Å². The first-order chi connectivity index (χ1) is 8.20. The second kappa shape index (κ2) is 5.34. The molecule has 1 saturated heterocycles. The Morgan fingerprint density at radius 2 is 2.24 bits per heavy atom. The molecule has 0 bridgehead atoms. The molecule has 94 valence electrons. The zero-order valence-corrected chi connectivity index (χ0v) is 11.0. The lowest BCUT2D eigenvalue weighted by atomic mass is 9.93. The van der Waals surface area contributed by atoms with Gasteiger partial charge in [-0.1, -0.05) is 6.92 Å². The highest BCUT2D eigenvalue weighted by atomic mass is 15.2. The van der Waals surface area contributed by atoms with Gasteiger partial charge >= 0.3 is 0 Å². The van der Waals surface area contributed by atoms with Crippen molar-refractivity contribution in [3.63, 3.8) is 0 Å². The predicted molar refractivity (Wildman–Crippen MR) is 71.4 cm³/mol. The zero-order valence-electron chi connectivity index (χ0n) is 11.0. The van der Waals surface area contributed by atoms with Gasteiger partial charge in [0.25, 0.3) is 0 Å². The second-order valence-electron chi connectivity index (χ2n) is 4.96. The van der Waals surface area contributed by atoms with E-state index in [0.717, 1.165) is 30.6 Å². The third-order valence-corrected chi connectivity index (χ3v) is 3.44. The van der Waals surface area contributed by atoms with Gasteiger partial charge in [-0.15, -0.1) is 0 Å². The van der Waals surface area contributed by atoms with E-state index in [1.165, 1.54) is 12.8 Å². The van der Waals surface area contributed by atoms with Gasteiger partial charge in [0, 0.05) is 25.2 Å². The molecule has 1 aliphatic rings. The van der Waals surface area contributed by atoms with E-state index in [2.05, 4.69) is 47.0 Å². The largest absolute Gasteiger partial charge is 0.370 e. The van der Waals surface area contributed by atoms with Crippen LogP contribution >= 0.6 is 0 Å². The molecule has 1 aromatic rings. The number of anilines is 2. The van der Waals surface area contributed by atoms with Crippen LogP contribution in [0.1, 0.15) is 33.6 Å². The Morgan fingerprint density at radius 3 is 2.94 bits per heavy atom. The van der Waals surface area contributed by atoms with E-state index >= 15 is 0 Å². The summed E-state index contributed by atoms with van der Waals surface area (Å²) in [6.07, 6.45) is 4.16. The fraction of sp³-hybridized carbons (Fsp3) is 0.692. The molecule has 2 rings (SSSR count). The lowest BCUT2D eigenvalue weighted by Gasteiger charge is -2.37. The average Bonchev–Trinajstić information content (AvgIpc) is 2.29. The molecule has 0 saturated carbocycles. The molecular weight excluding hydrogens is 212 g/mol. The lowest BCUT2D eigenvalue weighted by molar-refractivity contribution is 0.376. The van der Waals surface area contributed by atoms with E-state index in [1.54, 1.807) is 6.33 Å². The Morgan fingerprint density at radius 1 is 1.41 bits per heavy atom. The Labute approximate surface area is 103 Å². The Bertz CT molecular complexity index is 366. The fourth-order valence-electron chi connectivity index (χ4n) is 2.53. The summed E-state index contributed by atoms with van der Waals surface area (Å²) in [5.74, 6) is 2.80. The Balaban J connectivity index is 2.13. The van der Waals surface area contributed by atoms with Crippen molar-refractivity contribution in [3.05, 3.63) is 12.4 Å². The van der Waals surface area contributed by atoms with Crippen molar-refractivity contribution in [3.8, 4) is 0 Å². The van der Waals surface area contributed by atoms with Gasteiger partial charge in [-0.2, -0.15) is 0 Å². The maximum absolute atomic E-state index is 4.40. The molecule has 1 N–H and O–H groups in total. The van der Waals surface area contributed by atoms with Crippen molar-refractivity contribution in [1.82, 2.24) is 9.97 Å². The smallest absolute Gasteiger partial charge is 0.134 e. The molecule has 0 aliphatic carbocycles. The number of rotatable bonds is 3. The van der Waals surface area contributed by atoms with Gasteiger partial charge in [0.2, 0.25) is 0 Å². The normalized spacial score (nSPS) is 24.8. The molecular formula is C13H22N4. The SMILES string of the molecule is CCNc1cc(N2CCC(C)CC2C)ncn1. The van der Waals surface area contributed by atoms with Crippen molar-refractivity contribution in [1.29, 1.82) is 0 Å². The van der Waals surface area contributed by atoms with Crippen LogP contribution in [0, 0.1) is 5.92 Å². The molecule has 1 aromatic heterocycles. The van der Waals surface area contributed by atoms with Gasteiger partial charge in [-0.25, -0.2) is 9.97 Å². The highest BCUT2D eigenvalue weighted by Crippen LogP contribution is 2.26. The van der Waals surface area contributed by atoms with Gasteiger partial charge < -0.3 is 10.2 Å². The number of piperidine rings is 1. The summed E-state index contributed by atoms with van der Waals surface area (Å²) in [4.78, 5) is 11.0. The maximum atomic E-state index is 4.40. The molecule has 2 unspecified atom stereocenters. The highest BCUT2D eigenvalue weighted by Gasteiger charge is 2.23. The monoisotopic (exact) mass is 234 g/mol. The summed E-state index contributed by atoms with van der Waals surface area (Å²) in [6.45, 7) is 8.68. The molecule has 4 heteroatoms. The molecule has 17 heavy (non-hydrogen) atoms. The lowest BCUT2D eigenvalue weighted by Crippen LogP contribution is -2.40. The van der Waals surface area contributed by atoms with Crippen LogP contribution in [-0.2, 0) is 0 Å². The highest BCUT2D eigenvalue weighted by molar-refractivity contribution is 5.49. The molecule has 1 aliphatic heterocycles. The fourth-order valence-corrected chi connectivity index (χ4v) is 2.53. The predicted octanol–water partition coefficient (Wildman–Crippen LogP) is 2.53. The van der Waals surface area contributed by atoms with Crippen molar-refractivity contribution in [2.24, 2.45) is 5.92 Å². The molecule has 4 nitrogen and oxygen atoms in total. The first-order valence-electron chi connectivity index (χ1n) is 6.53. The summed E-state index contributed by atoms with van der Waals surface area (Å²) in [7, 11) is 0. The van der Waals surface area contributed by atoms with Crippen LogP contribution in [0.4, 0.5) is 11.6 Å². The molecule has 1 fully saturated rings. The molecule has 2 heterocycles. The van der Waals surface area contributed by atoms with E-state index in [-0.39, 0.29) is 0 Å². The number of hydrogen-bond acceptors (Lipinski definition) is 4. The zero-order chi connectivity index (χ0) is 12.3. The van der Waals surface area contributed by atoms with Crippen molar-refractivity contribution >= 4 is 11.6 Å². The second-order valence-corrected chi connectivity index (χ2v) is 4.96. The van der Waals surface area contributed by atoms with Crippen LogP contribution in [0.25, 0.3) is 0 Å². The summed E-state index contributed by atoms with van der Waals surface area (Å²) in [5.41, 5.74) is 0. The van der Waals surface area contributed by atoms with Crippen LogP contribution in [0.3, 0.4) is 0 Å². The summed E-state index contributed by atoms with van der Waals surface area (Å²) in [5, 5.41) is 3.23. The average molecular weight is 234 g/mol. The number of nitrogens with one attached hydrogen (secondary N) is 1. The van der Waals surface area contributed by atoms with Gasteiger partial charge in [0.15, 0.2) is 0 Å². The first-order valence-corrected chi connectivity index (χ1v) is 6.53. The quantitative estimate of drug-likeness (QED) is 0.872. The van der Waals surface area contributed by atoms with Gasteiger partial charge in [0.1, 0.15) is 18.0 Å². The molecule has 0 amide bonds. The first kappa shape index (κ1) is 12.1. The van der Waals surface area contributed by atoms with Crippen molar-refractivity contribution < 1.29 is 0 Å². The van der Waals surface area contributed by atoms with E-state index < -0.39 is 0 Å². The van der Waals surface area contributed by atoms with Crippen molar-refractivity contribution in [2.75, 3.05) is 23.3 Å². The minimum atomic E-state index is 0.572. The standard InChI is InChI=1S/C13H22N4/c1-4-14-12-8-13(16-9-15-12)17-6-5-10(2)7-11(17)3/h8-11H,4-7H2,1-3H3,(H,14,15,16). The van der Waals surface area contributed by atoms with Crippen molar-refractivity contribution in [2.45, 2.75) is 39.7 Å². The van der Waals surface area contributed by atoms with E-state index in [0.29, 0.717) is 6.04 Å². The van der Waals surface area contributed by atoms with Crippen LogP contribution in [0.15, 0.2) is 12.4 Å². The summed E-state index contributed by atoms with van der Waals surface area (Å²) in [6, 6.07) is 2.62. The minimum absolute atomic E-state index is 0.572. The van der Waals surface area contributed by atoms with Gasteiger partial charge in [0.05, 0.1) is 0 Å². The topological polar surface area (TPSA) is 41.0 Å². The minimum Gasteiger partial charge on any atom is -0.370 e. The summed E-state index contributed by atoms with van der Waals surface area (Å²) >= 11 is 0. The number of hydrogen-bond donors (Lipinski definition) is 1. The van der Waals surface area contributed by atoms with Crippen LogP contribution in [0.2, 0.25) is 0 Å². The summed E-state index contributed by atoms with van der Waals surface area (Å²) < 4.78 is 0. The van der Waals surface area contributed by atoms with Gasteiger partial charge in [-0.3, -0.25) is 0 Å². The Kier molecular flexibility index (Phi) is 3.82. The molecule has 2 atom stereocenters. The van der Waals surface area contributed by atoms with E-state index in [9.17, 15) is 0 Å². The van der Waals surface area contributed by atoms with E-state index in [4.69, 9.17) is 0 Å². The van der Waals surface area contributed by atoms with Crippen LogP contribution in [-0.4, -0.2) is 29.1 Å². The van der Waals surface area contributed by atoms with E-state index in [1.807, 2.05) is 0 Å². The Hall–Kier alpha value is -1.32. The molecule has 0 radical (unpaired) electrons. The third kappa shape index (κ3) is 2.87. The van der Waals surface area contributed by atoms with Crippen LogP contribution in [0.5, 0.6) is 0 Å². The molecule has 0 aromatic carbocycles. The number of aromatic nitrogens is 2. The molecule has 0 spiro atoms. The van der Waals surface area contributed by atoms with Gasteiger partial charge in [-0.05, 0) is 32.6 Å². The number of nitrogens with zero attached hydrogens (tertiary/aromatic N) is 3. The maximum Gasteiger partial charge on any atom is 0.134 e.